The summed E-state index contributed by atoms with van der Waals surface area (Å²) in [6.07, 6.45) is -0.520. The molecule has 1 aromatic carbocycles. The number of hydrogen-bond donors (Lipinski definition) is 1. The average molecular weight is 238 g/mol. The van der Waals surface area contributed by atoms with Crippen LogP contribution in [0.1, 0.15) is 11.1 Å². The van der Waals surface area contributed by atoms with Gasteiger partial charge in [-0.1, -0.05) is 0 Å². The predicted molar refractivity (Wildman–Crippen MR) is 59.5 cm³/mol. The van der Waals surface area contributed by atoms with Gasteiger partial charge in [0.05, 0.1) is 20.8 Å². The van der Waals surface area contributed by atoms with Crippen LogP contribution in [0.3, 0.4) is 0 Å². The topological polar surface area (TPSA) is 65.0 Å². The van der Waals surface area contributed by atoms with Gasteiger partial charge in [-0.25, -0.2) is 4.79 Å². The lowest BCUT2D eigenvalue weighted by Crippen LogP contribution is -2.30. The molecule has 1 aliphatic heterocycles. The van der Waals surface area contributed by atoms with E-state index in [-0.39, 0.29) is 6.61 Å². The summed E-state index contributed by atoms with van der Waals surface area (Å²) in [6, 6.07) is 3.57. The number of hydrogen-bond acceptors (Lipinski definition) is 4. The van der Waals surface area contributed by atoms with Gasteiger partial charge >= 0.3 is 5.97 Å². The molecule has 0 saturated heterocycles. The third-order valence-corrected chi connectivity index (χ3v) is 2.88. The van der Waals surface area contributed by atoms with E-state index in [4.69, 9.17) is 19.3 Å². The molecule has 1 aromatic rings. The molecule has 0 spiro atoms. The van der Waals surface area contributed by atoms with Crippen LogP contribution in [0, 0.1) is 0 Å². The van der Waals surface area contributed by atoms with E-state index >= 15 is 0 Å². The summed E-state index contributed by atoms with van der Waals surface area (Å²) < 4.78 is 15.7. The molecule has 1 heterocycles. The molecule has 0 aromatic heterocycles. The monoisotopic (exact) mass is 238 g/mol. The van der Waals surface area contributed by atoms with Gasteiger partial charge in [-0.2, -0.15) is 0 Å². The maximum absolute atomic E-state index is 10.9. The molecule has 2 rings (SSSR count). The highest BCUT2D eigenvalue weighted by Gasteiger charge is 2.29. The van der Waals surface area contributed by atoms with E-state index < -0.39 is 12.1 Å². The van der Waals surface area contributed by atoms with E-state index in [0.29, 0.717) is 17.9 Å². The minimum atomic E-state index is -0.958. The summed E-state index contributed by atoms with van der Waals surface area (Å²) in [7, 11) is 3.14. The van der Waals surface area contributed by atoms with Crippen molar-refractivity contribution >= 4 is 5.97 Å². The highest BCUT2D eigenvalue weighted by atomic mass is 16.5. The summed E-state index contributed by atoms with van der Waals surface area (Å²) in [4.78, 5) is 10.9. The van der Waals surface area contributed by atoms with E-state index in [1.807, 2.05) is 0 Å². The van der Waals surface area contributed by atoms with Crippen LogP contribution in [0.15, 0.2) is 12.1 Å². The van der Waals surface area contributed by atoms with Crippen LogP contribution in [0.2, 0.25) is 0 Å². The minimum Gasteiger partial charge on any atom is -0.496 e. The summed E-state index contributed by atoms with van der Waals surface area (Å²) in [6.45, 7) is 0.229. The molecule has 5 nitrogen and oxygen atoms in total. The summed E-state index contributed by atoms with van der Waals surface area (Å²) in [5.74, 6) is 0.417. The number of rotatable bonds is 3. The minimum absolute atomic E-state index is 0.229. The summed E-state index contributed by atoms with van der Waals surface area (Å²) in [5, 5.41) is 8.96. The number of benzene rings is 1. The Bertz CT molecular complexity index is 441. The van der Waals surface area contributed by atoms with Crippen molar-refractivity contribution in [3.63, 3.8) is 0 Å². The van der Waals surface area contributed by atoms with Crippen molar-refractivity contribution in [2.75, 3.05) is 14.2 Å². The normalized spacial score (nSPS) is 18.4. The molecule has 92 valence electrons. The van der Waals surface area contributed by atoms with Crippen LogP contribution in [0.25, 0.3) is 0 Å². The van der Waals surface area contributed by atoms with Crippen LogP contribution in [-0.4, -0.2) is 31.4 Å². The number of fused-ring (bicyclic) bond motifs is 1. The Hall–Kier alpha value is -1.75. The zero-order chi connectivity index (χ0) is 12.4. The van der Waals surface area contributed by atoms with Crippen molar-refractivity contribution in [2.45, 2.75) is 19.1 Å². The lowest BCUT2D eigenvalue weighted by Gasteiger charge is -2.25. The van der Waals surface area contributed by atoms with E-state index in [2.05, 4.69) is 0 Å². The Balaban J connectivity index is 2.43. The van der Waals surface area contributed by atoms with Crippen LogP contribution in [0.5, 0.6) is 11.5 Å². The van der Waals surface area contributed by atoms with E-state index in [1.165, 1.54) is 0 Å². The van der Waals surface area contributed by atoms with Gasteiger partial charge in [0.25, 0.3) is 0 Å². The van der Waals surface area contributed by atoms with Crippen molar-refractivity contribution < 1.29 is 24.1 Å². The number of carboxylic acids is 1. The molecule has 0 fully saturated rings. The van der Waals surface area contributed by atoms with Crippen molar-refractivity contribution in [1.29, 1.82) is 0 Å². The summed E-state index contributed by atoms with van der Waals surface area (Å²) in [5.41, 5.74) is 1.72. The molecule has 5 heteroatoms. The highest BCUT2D eigenvalue weighted by Crippen LogP contribution is 2.35. The zero-order valence-corrected chi connectivity index (χ0v) is 9.73. The van der Waals surface area contributed by atoms with Crippen molar-refractivity contribution in [3.05, 3.63) is 23.3 Å². The largest absolute Gasteiger partial charge is 0.496 e. The van der Waals surface area contributed by atoms with Gasteiger partial charge in [-0.15, -0.1) is 0 Å². The van der Waals surface area contributed by atoms with E-state index in [1.54, 1.807) is 26.4 Å². The van der Waals surface area contributed by atoms with Crippen molar-refractivity contribution in [2.24, 2.45) is 0 Å². The molecule has 0 aliphatic carbocycles. The first-order valence-electron chi connectivity index (χ1n) is 5.24. The molecule has 0 saturated carbocycles. The molecule has 1 aliphatic rings. The van der Waals surface area contributed by atoms with Gasteiger partial charge in [-0.05, 0) is 12.1 Å². The molecule has 17 heavy (non-hydrogen) atoms. The second kappa shape index (κ2) is 4.63. The number of ether oxygens (including phenoxy) is 3. The molecular weight excluding hydrogens is 224 g/mol. The number of methoxy groups -OCH3 is 2. The molecule has 1 atom stereocenters. The van der Waals surface area contributed by atoms with Crippen LogP contribution in [-0.2, 0) is 22.6 Å². The number of carboxylic acid groups (broad SMARTS) is 1. The Morgan fingerprint density at radius 2 is 1.88 bits per heavy atom. The Labute approximate surface area is 98.9 Å². The van der Waals surface area contributed by atoms with Gasteiger partial charge in [0.2, 0.25) is 0 Å². The Morgan fingerprint density at radius 3 is 2.41 bits per heavy atom. The fraction of sp³-hybridized carbons (Fsp3) is 0.417. The first-order chi connectivity index (χ1) is 8.17. The van der Waals surface area contributed by atoms with Crippen LogP contribution in [0.4, 0.5) is 0 Å². The lowest BCUT2D eigenvalue weighted by molar-refractivity contribution is -0.152. The van der Waals surface area contributed by atoms with Crippen LogP contribution < -0.4 is 9.47 Å². The zero-order valence-electron chi connectivity index (χ0n) is 9.73. The van der Waals surface area contributed by atoms with E-state index in [9.17, 15) is 4.79 Å². The molecule has 1 unspecified atom stereocenters. The van der Waals surface area contributed by atoms with Gasteiger partial charge in [0.1, 0.15) is 11.5 Å². The van der Waals surface area contributed by atoms with Gasteiger partial charge < -0.3 is 19.3 Å². The molecule has 1 N–H and O–H groups in total. The first-order valence-corrected chi connectivity index (χ1v) is 5.24. The SMILES string of the molecule is COc1ccc(OC)c2c1COC(C(=O)O)C2. The van der Waals surface area contributed by atoms with Gasteiger partial charge in [-0.3, -0.25) is 0 Å². The third kappa shape index (κ3) is 2.06. The lowest BCUT2D eigenvalue weighted by atomic mass is 9.97. The van der Waals surface area contributed by atoms with Crippen molar-refractivity contribution in [3.8, 4) is 11.5 Å². The molecule has 0 amide bonds. The quantitative estimate of drug-likeness (QED) is 0.858. The Kier molecular flexibility index (Phi) is 3.19. The number of aliphatic carboxylic acids is 1. The second-order valence-corrected chi connectivity index (χ2v) is 3.77. The van der Waals surface area contributed by atoms with Crippen molar-refractivity contribution in [1.82, 2.24) is 0 Å². The second-order valence-electron chi connectivity index (χ2n) is 3.77. The van der Waals surface area contributed by atoms with Gasteiger partial charge in [0.15, 0.2) is 6.10 Å². The molecule has 0 radical (unpaired) electrons. The maximum Gasteiger partial charge on any atom is 0.333 e. The van der Waals surface area contributed by atoms with Crippen LogP contribution >= 0.6 is 0 Å². The average Bonchev–Trinajstić information content (AvgIpc) is 2.36. The fourth-order valence-corrected chi connectivity index (χ4v) is 2.00. The molecular formula is C12H14O5. The predicted octanol–water partition coefficient (Wildman–Crippen LogP) is 1.23. The van der Waals surface area contributed by atoms with Gasteiger partial charge in [0, 0.05) is 17.5 Å². The smallest absolute Gasteiger partial charge is 0.333 e. The highest BCUT2D eigenvalue weighted by molar-refractivity contribution is 5.73. The third-order valence-electron chi connectivity index (χ3n) is 2.88. The summed E-state index contributed by atoms with van der Waals surface area (Å²) >= 11 is 0. The molecule has 0 bridgehead atoms. The maximum atomic E-state index is 10.9. The fourth-order valence-electron chi connectivity index (χ4n) is 2.00. The number of carbonyl (C=O) groups is 1. The standard InChI is InChI=1S/C12H14O5/c1-15-9-3-4-10(16-2)8-6-17-11(12(13)14)5-7(8)9/h3-4,11H,5-6H2,1-2H3,(H,13,14). The Morgan fingerprint density at radius 1 is 1.29 bits per heavy atom. The first kappa shape index (κ1) is 11.7. The van der Waals surface area contributed by atoms with E-state index in [0.717, 1.165) is 11.1 Å².